The molecular weight excluding hydrogens is 160 g/mol. The molecule has 1 aliphatic rings. The molecule has 0 amide bonds. The molecule has 0 aromatic heterocycles. The first-order valence-electron chi connectivity index (χ1n) is 5.60. The van der Waals surface area contributed by atoms with Crippen molar-refractivity contribution in [1.82, 2.24) is 0 Å². The monoisotopic (exact) mass is 186 g/mol. The molecule has 0 aromatic rings. The summed E-state index contributed by atoms with van der Waals surface area (Å²) in [6.07, 6.45) is 1.62. The highest BCUT2D eigenvalue weighted by atomic mass is 16.5. The first-order chi connectivity index (χ1) is 5.92. The largest absolute Gasteiger partial charge is 0.372 e. The minimum absolute atomic E-state index is 0.103. The zero-order valence-corrected chi connectivity index (χ0v) is 10.3. The Kier molecular flexibility index (Phi) is 4.98. The molecule has 0 aromatic carbocycles. The molecule has 3 atom stereocenters. The molecule has 1 nitrogen and oxygen atoms in total. The summed E-state index contributed by atoms with van der Waals surface area (Å²) < 4.78 is 5.86. The minimum atomic E-state index is 0.103. The quantitative estimate of drug-likeness (QED) is 0.558. The Labute approximate surface area is 83.9 Å². The van der Waals surface area contributed by atoms with Crippen molar-refractivity contribution < 1.29 is 4.74 Å². The van der Waals surface area contributed by atoms with Crippen molar-refractivity contribution in [2.24, 2.45) is 11.8 Å². The third-order valence-corrected chi connectivity index (χ3v) is 2.96. The molecule has 0 spiro atoms. The van der Waals surface area contributed by atoms with Gasteiger partial charge in [0.1, 0.15) is 0 Å². The zero-order chi connectivity index (χ0) is 10.6. The van der Waals surface area contributed by atoms with Crippen LogP contribution in [0.3, 0.4) is 0 Å². The summed E-state index contributed by atoms with van der Waals surface area (Å²) in [6.45, 7) is 15.2. The lowest BCUT2D eigenvalue weighted by molar-refractivity contribution is -0.142. The first kappa shape index (κ1) is 13.0. The maximum atomic E-state index is 5.86. The fraction of sp³-hybridized carbons (Fsp3) is 1.00. The van der Waals surface area contributed by atoms with Gasteiger partial charge < -0.3 is 4.74 Å². The summed E-state index contributed by atoms with van der Waals surface area (Å²) in [5.41, 5.74) is 0.103. The van der Waals surface area contributed by atoms with E-state index in [4.69, 9.17) is 4.74 Å². The van der Waals surface area contributed by atoms with Crippen LogP contribution in [0.15, 0.2) is 0 Å². The Hall–Kier alpha value is -0.0400. The van der Waals surface area contributed by atoms with Crippen LogP contribution in [-0.4, -0.2) is 11.7 Å². The van der Waals surface area contributed by atoms with Gasteiger partial charge in [-0.05, 0) is 39.0 Å². The molecule has 0 saturated carbocycles. The highest BCUT2D eigenvalue weighted by Gasteiger charge is 2.35. The Morgan fingerprint density at radius 2 is 1.54 bits per heavy atom. The van der Waals surface area contributed by atoms with Crippen LogP contribution in [-0.2, 0) is 4.74 Å². The van der Waals surface area contributed by atoms with Crippen LogP contribution >= 0.6 is 0 Å². The van der Waals surface area contributed by atoms with Gasteiger partial charge in [-0.25, -0.2) is 0 Å². The summed E-state index contributed by atoms with van der Waals surface area (Å²) >= 11 is 0. The molecule has 0 bridgehead atoms. The lowest BCUT2D eigenvalue weighted by atomic mass is 9.80. The second kappa shape index (κ2) is 4.99. The van der Waals surface area contributed by atoms with E-state index in [1.807, 2.05) is 13.8 Å². The molecule has 1 unspecified atom stereocenters. The van der Waals surface area contributed by atoms with Gasteiger partial charge in [0.15, 0.2) is 0 Å². The van der Waals surface area contributed by atoms with Crippen LogP contribution in [0, 0.1) is 11.8 Å². The Morgan fingerprint density at radius 3 is 1.92 bits per heavy atom. The topological polar surface area (TPSA) is 9.23 Å². The van der Waals surface area contributed by atoms with E-state index in [0.717, 1.165) is 5.92 Å². The van der Waals surface area contributed by atoms with E-state index in [1.165, 1.54) is 6.42 Å². The molecule has 1 fully saturated rings. The molecule has 0 aliphatic carbocycles. The maximum Gasteiger partial charge on any atom is 0.0632 e. The van der Waals surface area contributed by atoms with Crippen molar-refractivity contribution >= 4 is 0 Å². The Bertz CT molecular complexity index is 126. The smallest absolute Gasteiger partial charge is 0.0632 e. The van der Waals surface area contributed by atoms with Gasteiger partial charge in [-0.2, -0.15) is 0 Å². The fourth-order valence-corrected chi connectivity index (χ4v) is 2.08. The van der Waals surface area contributed by atoms with Crippen LogP contribution in [0.25, 0.3) is 0 Å². The van der Waals surface area contributed by atoms with E-state index in [-0.39, 0.29) is 5.60 Å². The van der Waals surface area contributed by atoms with Crippen LogP contribution in [0.4, 0.5) is 0 Å². The van der Waals surface area contributed by atoms with Gasteiger partial charge >= 0.3 is 0 Å². The highest BCUT2D eigenvalue weighted by molar-refractivity contribution is 4.83. The molecule has 0 radical (unpaired) electrons. The van der Waals surface area contributed by atoms with Crippen LogP contribution < -0.4 is 0 Å². The van der Waals surface area contributed by atoms with Gasteiger partial charge in [0.25, 0.3) is 0 Å². The molecule has 80 valence electrons. The fourth-order valence-electron chi connectivity index (χ4n) is 2.08. The third kappa shape index (κ3) is 3.68. The molecule has 13 heavy (non-hydrogen) atoms. The van der Waals surface area contributed by atoms with Gasteiger partial charge in [0, 0.05) is 0 Å². The summed E-state index contributed by atoms with van der Waals surface area (Å²) in [5.74, 6) is 1.51. The number of hydrogen-bond donors (Lipinski definition) is 0. The van der Waals surface area contributed by atoms with Crippen molar-refractivity contribution in [2.75, 3.05) is 0 Å². The van der Waals surface area contributed by atoms with Crippen LogP contribution in [0.2, 0.25) is 0 Å². The van der Waals surface area contributed by atoms with Gasteiger partial charge in [-0.3, -0.25) is 0 Å². The minimum Gasteiger partial charge on any atom is -0.372 e. The molecule has 1 aliphatic heterocycles. The predicted octanol–water partition coefficient (Wildman–Crippen LogP) is 3.87. The van der Waals surface area contributed by atoms with Gasteiger partial charge in [-0.15, -0.1) is 0 Å². The van der Waals surface area contributed by atoms with Crippen LogP contribution in [0.1, 0.15) is 54.9 Å². The molecule has 1 heterocycles. The first-order valence-corrected chi connectivity index (χ1v) is 5.60. The highest BCUT2D eigenvalue weighted by Crippen LogP contribution is 2.35. The SMILES string of the molecule is CC.CC1CC(C)(C)O[C@@H](C)[C@@H]1C. The lowest BCUT2D eigenvalue weighted by Gasteiger charge is -2.42. The van der Waals surface area contributed by atoms with E-state index in [9.17, 15) is 0 Å². The van der Waals surface area contributed by atoms with Gasteiger partial charge in [-0.1, -0.05) is 27.7 Å². The number of rotatable bonds is 0. The number of hydrogen-bond acceptors (Lipinski definition) is 1. The maximum absolute atomic E-state index is 5.86. The lowest BCUT2D eigenvalue weighted by Crippen LogP contribution is -2.42. The summed E-state index contributed by atoms with van der Waals surface area (Å²) in [7, 11) is 0. The molecular formula is C12H26O. The second-order valence-electron chi connectivity index (χ2n) is 4.62. The second-order valence-corrected chi connectivity index (χ2v) is 4.62. The Morgan fingerprint density at radius 1 is 1.08 bits per heavy atom. The van der Waals surface area contributed by atoms with E-state index >= 15 is 0 Å². The average molecular weight is 186 g/mol. The molecule has 1 heteroatoms. The summed E-state index contributed by atoms with van der Waals surface area (Å²) in [6, 6.07) is 0. The van der Waals surface area contributed by atoms with Crippen molar-refractivity contribution in [1.29, 1.82) is 0 Å². The predicted molar refractivity (Wildman–Crippen MR) is 58.9 cm³/mol. The van der Waals surface area contributed by atoms with Crippen LogP contribution in [0.5, 0.6) is 0 Å². The van der Waals surface area contributed by atoms with Crippen molar-refractivity contribution in [3.63, 3.8) is 0 Å². The molecule has 0 N–H and O–H groups in total. The Balaban J connectivity index is 0.000000671. The molecule has 1 saturated heterocycles. The normalized spacial score (nSPS) is 37.6. The van der Waals surface area contributed by atoms with Gasteiger partial charge in [0.05, 0.1) is 11.7 Å². The van der Waals surface area contributed by atoms with E-state index in [1.54, 1.807) is 0 Å². The standard InChI is InChI=1S/C10H20O.C2H6/c1-7-6-10(4,5)11-9(3)8(7)2;1-2/h7-9H,6H2,1-5H3;1-2H3/t7?,8-,9+;/m1./s1. The van der Waals surface area contributed by atoms with Crippen molar-refractivity contribution in [2.45, 2.75) is 66.6 Å². The zero-order valence-electron chi connectivity index (χ0n) is 10.3. The van der Waals surface area contributed by atoms with Gasteiger partial charge in [0.2, 0.25) is 0 Å². The average Bonchev–Trinajstić information content (AvgIpc) is 2.02. The van der Waals surface area contributed by atoms with E-state index in [2.05, 4.69) is 34.6 Å². The molecule has 1 rings (SSSR count). The van der Waals surface area contributed by atoms with E-state index in [0.29, 0.717) is 12.0 Å². The summed E-state index contributed by atoms with van der Waals surface area (Å²) in [4.78, 5) is 0. The third-order valence-electron chi connectivity index (χ3n) is 2.96. The van der Waals surface area contributed by atoms with Crippen molar-refractivity contribution in [3.05, 3.63) is 0 Å². The summed E-state index contributed by atoms with van der Waals surface area (Å²) in [5, 5.41) is 0. The van der Waals surface area contributed by atoms with Crippen molar-refractivity contribution in [3.8, 4) is 0 Å². The number of ether oxygens (including phenoxy) is 1. The van der Waals surface area contributed by atoms with E-state index < -0.39 is 0 Å².